The minimum atomic E-state index is 0.148. The van der Waals surface area contributed by atoms with Gasteiger partial charge in [0, 0.05) is 18.0 Å². The Kier molecular flexibility index (Phi) is 9.23. The number of thioether (sulfide) groups is 1. The SMILES string of the molecule is CCOc1ccc(C=C(CNCc2ccccc2)SC=NCc2ccccc2)cc1O. The molecule has 0 aliphatic rings. The Morgan fingerprint density at radius 3 is 2.39 bits per heavy atom. The molecule has 31 heavy (non-hydrogen) atoms. The van der Waals surface area contributed by atoms with E-state index in [1.807, 2.05) is 54.9 Å². The fraction of sp³-hybridized carbons (Fsp3) is 0.192. The van der Waals surface area contributed by atoms with Crippen molar-refractivity contribution in [1.82, 2.24) is 5.32 Å². The maximum Gasteiger partial charge on any atom is 0.160 e. The van der Waals surface area contributed by atoms with Crippen LogP contribution in [0.4, 0.5) is 0 Å². The van der Waals surface area contributed by atoms with Crippen molar-refractivity contribution in [3.63, 3.8) is 0 Å². The summed E-state index contributed by atoms with van der Waals surface area (Å²) < 4.78 is 5.42. The molecule has 4 nitrogen and oxygen atoms in total. The van der Waals surface area contributed by atoms with Gasteiger partial charge in [0.25, 0.3) is 0 Å². The van der Waals surface area contributed by atoms with Crippen LogP contribution in [0, 0.1) is 0 Å². The van der Waals surface area contributed by atoms with Crippen LogP contribution in [-0.2, 0) is 13.1 Å². The van der Waals surface area contributed by atoms with Gasteiger partial charge in [-0.05, 0) is 41.8 Å². The molecular formula is C26H28N2O2S. The van der Waals surface area contributed by atoms with E-state index in [1.54, 1.807) is 23.9 Å². The first-order chi connectivity index (χ1) is 15.2. The topological polar surface area (TPSA) is 53.8 Å². The fourth-order valence-corrected chi connectivity index (χ4v) is 3.65. The molecule has 3 aromatic rings. The normalized spacial score (nSPS) is 11.7. The molecular weight excluding hydrogens is 404 g/mol. The Bertz CT molecular complexity index is 989. The molecule has 0 atom stereocenters. The van der Waals surface area contributed by atoms with Gasteiger partial charge in [0.05, 0.1) is 18.7 Å². The van der Waals surface area contributed by atoms with Crippen molar-refractivity contribution >= 4 is 23.4 Å². The van der Waals surface area contributed by atoms with Crippen LogP contribution in [0.5, 0.6) is 11.5 Å². The molecule has 0 amide bonds. The molecule has 0 radical (unpaired) electrons. The van der Waals surface area contributed by atoms with E-state index in [9.17, 15) is 5.11 Å². The second-order valence-electron chi connectivity index (χ2n) is 6.91. The van der Waals surface area contributed by atoms with Crippen LogP contribution in [0.15, 0.2) is 88.8 Å². The number of rotatable bonds is 11. The van der Waals surface area contributed by atoms with Crippen LogP contribution in [0.3, 0.4) is 0 Å². The molecule has 0 aromatic heterocycles. The molecule has 0 fully saturated rings. The third kappa shape index (κ3) is 7.96. The molecule has 0 aliphatic heterocycles. The first kappa shape index (κ1) is 22.7. The molecule has 3 rings (SSSR count). The fourth-order valence-electron chi connectivity index (χ4n) is 2.97. The van der Waals surface area contributed by atoms with Gasteiger partial charge in [-0.2, -0.15) is 0 Å². The molecule has 0 aliphatic carbocycles. The quantitative estimate of drug-likeness (QED) is 0.293. The number of ether oxygens (including phenoxy) is 1. The van der Waals surface area contributed by atoms with Crippen molar-refractivity contribution in [2.24, 2.45) is 4.99 Å². The van der Waals surface area contributed by atoms with E-state index in [0.717, 1.165) is 17.0 Å². The van der Waals surface area contributed by atoms with Gasteiger partial charge in [0.2, 0.25) is 0 Å². The smallest absolute Gasteiger partial charge is 0.160 e. The average Bonchev–Trinajstić information content (AvgIpc) is 2.80. The summed E-state index contributed by atoms with van der Waals surface area (Å²) in [6.07, 6.45) is 2.06. The van der Waals surface area contributed by atoms with Crippen LogP contribution in [0.2, 0.25) is 0 Å². The molecule has 0 saturated carbocycles. The molecule has 160 valence electrons. The lowest BCUT2D eigenvalue weighted by molar-refractivity contribution is 0.318. The van der Waals surface area contributed by atoms with E-state index in [1.165, 1.54) is 11.1 Å². The second-order valence-corrected chi connectivity index (χ2v) is 7.88. The summed E-state index contributed by atoms with van der Waals surface area (Å²) >= 11 is 1.59. The highest BCUT2D eigenvalue weighted by Gasteiger charge is 2.04. The summed E-state index contributed by atoms with van der Waals surface area (Å²) in [5.74, 6) is 0.649. The van der Waals surface area contributed by atoms with E-state index in [2.05, 4.69) is 40.7 Å². The van der Waals surface area contributed by atoms with Gasteiger partial charge in [-0.25, -0.2) is 0 Å². The first-order valence-electron chi connectivity index (χ1n) is 10.3. The summed E-state index contributed by atoms with van der Waals surface area (Å²) in [4.78, 5) is 5.65. The average molecular weight is 433 g/mol. The number of hydrogen-bond donors (Lipinski definition) is 2. The Hall–Kier alpha value is -3.02. The predicted octanol–water partition coefficient (Wildman–Crippen LogP) is 5.88. The molecule has 0 heterocycles. The second kappa shape index (κ2) is 12.6. The standard InChI is InChI=1S/C26H28N2O2S/c1-2-30-26-14-13-23(16-25(26)29)15-24(19-27-17-21-9-5-3-6-10-21)31-20-28-18-22-11-7-4-8-12-22/h3-16,20,27,29H,2,17-19H2,1H3. The lowest BCUT2D eigenvalue weighted by atomic mass is 10.2. The number of aromatic hydroxyl groups is 1. The Morgan fingerprint density at radius 2 is 1.71 bits per heavy atom. The van der Waals surface area contributed by atoms with E-state index >= 15 is 0 Å². The van der Waals surface area contributed by atoms with Gasteiger partial charge in [0.1, 0.15) is 0 Å². The highest BCUT2D eigenvalue weighted by atomic mass is 32.2. The molecule has 0 unspecified atom stereocenters. The molecule has 0 saturated heterocycles. The van der Waals surface area contributed by atoms with Crippen LogP contribution in [0.25, 0.3) is 6.08 Å². The van der Waals surface area contributed by atoms with Crippen molar-refractivity contribution in [1.29, 1.82) is 0 Å². The number of hydrogen-bond acceptors (Lipinski definition) is 5. The van der Waals surface area contributed by atoms with Crippen molar-refractivity contribution in [2.45, 2.75) is 20.0 Å². The van der Waals surface area contributed by atoms with Crippen LogP contribution < -0.4 is 10.1 Å². The van der Waals surface area contributed by atoms with E-state index < -0.39 is 0 Å². The van der Waals surface area contributed by atoms with Crippen molar-refractivity contribution in [3.05, 3.63) is 100 Å². The molecule has 2 N–H and O–H groups in total. The van der Waals surface area contributed by atoms with Gasteiger partial charge < -0.3 is 15.2 Å². The number of phenols is 1. The first-order valence-corrected chi connectivity index (χ1v) is 11.2. The molecule has 0 bridgehead atoms. The summed E-state index contributed by atoms with van der Waals surface area (Å²) in [5, 5.41) is 13.7. The van der Waals surface area contributed by atoms with E-state index in [-0.39, 0.29) is 5.75 Å². The van der Waals surface area contributed by atoms with Crippen molar-refractivity contribution in [2.75, 3.05) is 13.2 Å². The zero-order valence-corrected chi connectivity index (χ0v) is 18.5. The zero-order valence-electron chi connectivity index (χ0n) is 17.7. The van der Waals surface area contributed by atoms with Gasteiger partial charge >= 0.3 is 0 Å². The summed E-state index contributed by atoms with van der Waals surface area (Å²) in [6, 6.07) is 26.0. The minimum absolute atomic E-state index is 0.148. The van der Waals surface area contributed by atoms with Crippen LogP contribution in [-0.4, -0.2) is 23.8 Å². The highest BCUT2D eigenvalue weighted by Crippen LogP contribution is 2.28. The summed E-state index contributed by atoms with van der Waals surface area (Å²) in [7, 11) is 0. The maximum atomic E-state index is 10.2. The number of aliphatic imine (C=N–C) groups is 1. The Balaban J connectivity index is 1.66. The third-order valence-electron chi connectivity index (χ3n) is 4.48. The third-order valence-corrected chi connectivity index (χ3v) is 5.30. The Labute approximate surface area is 188 Å². The highest BCUT2D eigenvalue weighted by molar-refractivity contribution is 8.15. The van der Waals surface area contributed by atoms with Crippen molar-refractivity contribution in [3.8, 4) is 11.5 Å². The summed E-state index contributed by atoms with van der Waals surface area (Å²) in [6.45, 7) is 4.56. The minimum Gasteiger partial charge on any atom is -0.504 e. The van der Waals surface area contributed by atoms with Gasteiger partial charge in [-0.3, -0.25) is 4.99 Å². The van der Waals surface area contributed by atoms with E-state index in [4.69, 9.17) is 4.74 Å². The number of phenolic OH excluding ortho intramolecular Hbond substituents is 1. The number of nitrogens with zero attached hydrogens (tertiary/aromatic N) is 1. The largest absolute Gasteiger partial charge is 0.504 e. The molecule has 5 heteroatoms. The van der Waals surface area contributed by atoms with E-state index in [0.29, 0.717) is 25.4 Å². The number of nitrogens with one attached hydrogen (secondary N) is 1. The molecule has 3 aromatic carbocycles. The van der Waals surface area contributed by atoms with Crippen LogP contribution in [0.1, 0.15) is 23.6 Å². The predicted molar refractivity (Wildman–Crippen MR) is 132 cm³/mol. The maximum absolute atomic E-state index is 10.2. The van der Waals surface area contributed by atoms with Gasteiger partial charge in [-0.15, -0.1) is 0 Å². The van der Waals surface area contributed by atoms with Gasteiger partial charge in [-0.1, -0.05) is 78.5 Å². The zero-order chi connectivity index (χ0) is 21.7. The van der Waals surface area contributed by atoms with Crippen LogP contribution >= 0.6 is 11.8 Å². The van der Waals surface area contributed by atoms with Gasteiger partial charge in [0.15, 0.2) is 11.5 Å². The van der Waals surface area contributed by atoms with Crippen molar-refractivity contribution < 1.29 is 9.84 Å². The summed E-state index contributed by atoms with van der Waals surface area (Å²) in [5.41, 5.74) is 5.23. The molecule has 0 spiro atoms. The number of benzene rings is 3. The lowest BCUT2D eigenvalue weighted by Gasteiger charge is -2.09. The monoisotopic (exact) mass is 432 g/mol. The Morgan fingerprint density at radius 1 is 1.00 bits per heavy atom. The lowest BCUT2D eigenvalue weighted by Crippen LogP contribution is -2.15.